The molecule has 1 aromatic carbocycles. The number of rotatable bonds is 7. The van der Waals surface area contributed by atoms with Gasteiger partial charge in [0.25, 0.3) is 0 Å². The molecule has 0 saturated carbocycles. The second-order valence-electron chi connectivity index (χ2n) is 4.82. The maximum absolute atomic E-state index is 11.4. The fraction of sp³-hybridized carbons (Fsp3) is 0.438. The fourth-order valence-electron chi connectivity index (χ4n) is 1.64. The van der Waals surface area contributed by atoms with Gasteiger partial charge in [-0.3, -0.25) is 0 Å². The predicted molar refractivity (Wildman–Crippen MR) is 77.8 cm³/mol. The molecular weight excluding hydrogens is 238 g/mol. The van der Waals surface area contributed by atoms with Crippen LogP contribution in [0.2, 0.25) is 0 Å². The van der Waals surface area contributed by atoms with Gasteiger partial charge in [0.2, 0.25) is 0 Å². The zero-order valence-electron chi connectivity index (χ0n) is 12.0. The average molecular weight is 261 g/mol. The molecule has 0 aliphatic rings. The quantitative estimate of drug-likeness (QED) is 0.605. The number of hydrogen-bond acceptors (Lipinski definition) is 3. The molecule has 104 valence electrons. The molecule has 1 rings (SSSR count). The SMILES string of the molecule is CCC(COC(=O)C=C(C)C)NCc1ccccc1. The van der Waals surface area contributed by atoms with Gasteiger partial charge in [-0.1, -0.05) is 42.8 Å². The number of hydrogen-bond donors (Lipinski definition) is 1. The van der Waals surface area contributed by atoms with Crippen LogP contribution < -0.4 is 5.32 Å². The molecule has 3 heteroatoms. The first-order valence-corrected chi connectivity index (χ1v) is 6.70. The normalized spacial score (nSPS) is 11.7. The molecule has 0 bridgehead atoms. The number of allylic oxidation sites excluding steroid dienone is 1. The minimum absolute atomic E-state index is 0.190. The van der Waals surface area contributed by atoms with Crippen LogP contribution in [-0.4, -0.2) is 18.6 Å². The monoisotopic (exact) mass is 261 g/mol. The molecule has 0 amide bonds. The van der Waals surface area contributed by atoms with E-state index in [1.807, 2.05) is 32.0 Å². The van der Waals surface area contributed by atoms with E-state index < -0.39 is 0 Å². The van der Waals surface area contributed by atoms with Crippen LogP contribution >= 0.6 is 0 Å². The molecule has 0 spiro atoms. The van der Waals surface area contributed by atoms with Crippen molar-refractivity contribution >= 4 is 5.97 Å². The standard InChI is InChI=1S/C16H23NO2/c1-4-15(12-19-16(18)10-13(2)3)17-11-14-8-6-5-7-9-14/h5-10,15,17H,4,11-12H2,1-3H3. The number of nitrogens with one attached hydrogen (secondary N) is 1. The lowest BCUT2D eigenvalue weighted by atomic mass is 10.2. The Bertz CT molecular complexity index is 408. The first-order chi connectivity index (χ1) is 9.11. The van der Waals surface area contributed by atoms with Crippen LogP contribution in [0.25, 0.3) is 0 Å². The maximum atomic E-state index is 11.4. The van der Waals surface area contributed by atoms with Crippen molar-refractivity contribution in [2.45, 2.75) is 39.8 Å². The summed E-state index contributed by atoms with van der Waals surface area (Å²) in [6.07, 6.45) is 2.44. The van der Waals surface area contributed by atoms with E-state index in [0.29, 0.717) is 6.61 Å². The van der Waals surface area contributed by atoms with E-state index >= 15 is 0 Å². The van der Waals surface area contributed by atoms with Gasteiger partial charge in [0.05, 0.1) is 0 Å². The zero-order chi connectivity index (χ0) is 14.1. The Morgan fingerprint density at radius 1 is 1.32 bits per heavy atom. The van der Waals surface area contributed by atoms with Gasteiger partial charge in [0.1, 0.15) is 6.61 Å². The maximum Gasteiger partial charge on any atom is 0.330 e. The molecule has 1 aromatic rings. The van der Waals surface area contributed by atoms with Gasteiger partial charge in [0, 0.05) is 18.7 Å². The van der Waals surface area contributed by atoms with Crippen molar-refractivity contribution in [2.24, 2.45) is 0 Å². The van der Waals surface area contributed by atoms with Crippen LogP contribution in [0.5, 0.6) is 0 Å². The average Bonchev–Trinajstić information content (AvgIpc) is 2.39. The molecule has 3 nitrogen and oxygen atoms in total. The lowest BCUT2D eigenvalue weighted by molar-refractivity contribution is -0.138. The molecule has 0 aliphatic carbocycles. The van der Waals surface area contributed by atoms with Crippen molar-refractivity contribution < 1.29 is 9.53 Å². The lowest BCUT2D eigenvalue weighted by Crippen LogP contribution is -2.33. The summed E-state index contributed by atoms with van der Waals surface area (Å²) in [5, 5.41) is 3.40. The van der Waals surface area contributed by atoms with Crippen molar-refractivity contribution in [1.29, 1.82) is 0 Å². The predicted octanol–water partition coefficient (Wildman–Crippen LogP) is 3.06. The summed E-state index contributed by atoms with van der Waals surface area (Å²) < 4.78 is 5.22. The first kappa shape index (κ1) is 15.4. The van der Waals surface area contributed by atoms with Crippen LogP contribution in [-0.2, 0) is 16.1 Å². The summed E-state index contributed by atoms with van der Waals surface area (Å²) in [6.45, 7) is 7.04. The van der Waals surface area contributed by atoms with Crippen molar-refractivity contribution in [1.82, 2.24) is 5.32 Å². The Morgan fingerprint density at radius 2 is 2.00 bits per heavy atom. The minimum Gasteiger partial charge on any atom is -0.461 e. The molecule has 0 saturated heterocycles. The Hall–Kier alpha value is -1.61. The van der Waals surface area contributed by atoms with Gasteiger partial charge < -0.3 is 10.1 Å². The molecule has 0 aromatic heterocycles. The van der Waals surface area contributed by atoms with Gasteiger partial charge in [-0.15, -0.1) is 0 Å². The van der Waals surface area contributed by atoms with E-state index in [-0.39, 0.29) is 12.0 Å². The summed E-state index contributed by atoms with van der Waals surface area (Å²) in [5.74, 6) is -0.264. The van der Waals surface area contributed by atoms with Gasteiger partial charge in [-0.05, 0) is 25.8 Å². The molecule has 0 radical (unpaired) electrons. The van der Waals surface area contributed by atoms with E-state index in [1.165, 1.54) is 11.6 Å². The molecule has 1 N–H and O–H groups in total. The van der Waals surface area contributed by atoms with Gasteiger partial charge in [0.15, 0.2) is 0 Å². The zero-order valence-corrected chi connectivity index (χ0v) is 12.0. The van der Waals surface area contributed by atoms with Crippen LogP contribution in [0.4, 0.5) is 0 Å². The van der Waals surface area contributed by atoms with E-state index in [4.69, 9.17) is 4.74 Å². The Kier molecular flexibility index (Phi) is 6.90. The van der Waals surface area contributed by atoms with E-state index in [2.05, 4.69) is 24.4 Å². The first-order valence-electron chi connectivity index (χ1n) is 6.70. The van der Waals surface area contributed by atoms with Crippen LogP contribution in [0.15, 0.2) is 42.0 Å². The summed E-state index contributed by atoms with van der Waals surface area (Å²) in [4.78, 5) is 11.4. The molecular formula is C16H23NO2. The molecule has 1 unspecified atom stereocenters. The number of carbonyl (C=O) groups excluding carboxylic acids is 1. The summed E-state index contributed by atoms with van der Waals surface area (Å²) in [6, 6.07) is 10.4. The third-order valence-corrected chi connectivity index (χ3v) is 2.76. The van der Waals surface area contributed by atoms with Crippen LogP contribution in [0.1, 0.15) is 32.8 Å². The fourth-order valence-corrected chi connectivity index (χ4v) is 1.64. The van der Waals surface area contributed by atoms with Gasteiger partial charge in [-0.2, -0.15) is 0 Å². The molecule has 19 heavy (non-hydrogen) atoms. The third-order valence-electron chi connectivity index (χ3n) is 2.76. The number of carbonyl (C=O) groups is 1. The van der Waals surface area contributed by atoms with Crippen molar-refractivity contribution in [3.05, 3.63) is 47.5 Å². The Labute approximate surface area is 115 Å². The molecule has 0 heterocycles. The molecule has 1 atom stereocenters. The summed E-state index contributed by atoms with van der Waals surface area (Å²) in [5.41, 5.74) is 2.19. The Balaban J connectivity index is 2.34. The van der Waals surface area contributed by atoms with Gasteiger partial charge >= 0.3 is 5.97 Å². The number of esters is 1. The van der Waals surface area contributed by atoms with E-state index in [0.717, 1.165) is 18.5 Å². The summed E-state index contributed by atoms with van der Waals surface area (Å²) >= 11 is 0. The second kappa shape index (κ2) is 8.48. The highest BCUT2D eigenvalue weighted by Gasteiger charge is 2.08. The smallest absolute Gasteiger partial charge is 0.330 e. The number of benzene rings is 1. The summed E-state index contributed by atoms with van der Waals surface area (Å²) in [7, 11) is 0. The van der Waals surface area contributed by atoms with Crippen molar-refractivity contribution in [2.75, 3.05) is 6.61 Å². The van der Waals surface area contributed by atoms with Crippen LogP contribution in [0, 0.1) is 0 Å². The van der Waals surface area contributed by atoms with Gasteiger partial charge in [-0.25, -0.2) is 4.79 Å². The van der Waals surface area contributed by atoms with Crippen LogP contribution in [0.3, 0.4) is 0 Å². The van der Waals surface area contributed by atoms with E-state index in [9.17, 15) is 4.79 Å². The molecule has 0 aliphatic heterocycles. The van der Waals surface area contributed by atoms with Crippen molar-refractivity contribution in [3.63, 3.8) is 0 Å². The van der Waals surface area contributed by atoms with Crippen molar-refractivity contribution in [3.8, 4) is 0 Å². The Morgan fingerprint density at radius 3 is 2.58 bits per heavy atom. The van der Waals surface area contributed by atoms with E-state index in [1.54, 1.807) is 0 Å². The molecule has 0 fully saturated rings. The lowest BCUT2D eigenvalue weighted by Gasteiger charge is -2.16. The number of ether oxygens (including phenoxy) is 1. The minimum atomic E-state index is -0.264. The highest BCUT2D eigenvalue weighted by Crippen LogP contribution is 2.01. The topological polar surface area (TPSA) is 38.3 Å². The highest BCUT2D eigenvalue weighted by molar-refractivity contribution is 5.82. The second-order valence-corrected chi connectivity index (χ2v) is 4.82. The highest BCUT2D eigenvalue weighted by atomic mass is 16.5. The largest absolute Gasteiger partial charge is 0.461 e. The third kappa shape index (κ3) is 6.77.